The van der Waals surface area contributed by atoms with E-state index in [4.69, 9.17) is 11.6 Å². The van der Waals surface area contributed by atoms with Crippen LogP contribution >= 0.6 is 11.6 Å². The van der Waals surface area contributed by atoms with Crippen molar-refractivity contribution < 1.29 is 5.11 Å². The van der Waals surface area contributed by atoms with Crippen LogP contribution in [0.2, 0.25) is 5.02 Å². The lowest BCUT2D eigenvalue weighted by Gasteiger charge is -2.24. The number of para-hydroxylation sites is 1. The predicted octanol–water partition coefficient (Wildman–Crippen LogP) is 5.30. The largest absolute Gasteiger partial charge is 0.505 e. The van der Waals surface area contributed by atoms with Gasteiger partial charge in [0.15, 0.2) is 0 Å². The fourth-order valence-corrected chi connectivity index (χ4v) is 4.06. The molecule has 3 aromatic carbocycles. The molecule has 0 bridgehead atoms. The molecule has 1 aliphatic rings. The number of halogens is 1. The second-order valence-corrected chi connectivity index (χ2v) is 8.40. The second-order valence-electron chi connectivity index (χ2n) is 7.97. The van der Waals surface area contributed by atoms with E-state index in [1.807, 2.05) is 24.4 Å². The van der Waals surface area contributed by atoms with Crippen LogP contribution in [0.4, 0.5) is 5.69 Å². The Morgan fingerprint density at radius 2 is 1.88 bits per heavy atom. The number of hydrogen-bond acceptors (Lipinski definition) is 6. The zero-order valence-electron chi connectivity index (χ0n) is 18.6. The molecule has 0 spiro atoms. The standard InChI is InChI=1S/C26H23ClN6O/c1-2-32(22-9-6-18(7-10-22)12-19-14-28-17-29-15-19)16-20-4-3-5-25(26(20)34)33-30-23-11-8-21(27)13-24(23)31-33/h3-14,17,34H,2,15-16H2,1H3. The Morgan fingerprint density at radius 3 is 2.65 bits per heavy atom. The first-order valence-corrected chi connectivity index (χ1v) is 11.4. The topological polar surface area (TPSA) is 78.9 Å². The Bertz CT molecular complexity index is 1420. The molecule has 2 heterocycles. The van der Waals surface area contributed by atoms with Crippen LogP contribution < -0.4 is 4.90 Å². The maximum Gasteiger partial charge on any atom is 0.148 e. The molecule has 170 valence electrons. The van der Waals surface area contributed by atoms with Gasteiger partial charge in [-0.15, -0.1) is 15.0 Å². The van der Waals surface area contributed by atoms with Gasteiger partial charge in [0, 0.05) is 35.6 Å². The highest BCUT2D eigenvalue weighted by atomic mass is 35.5. The first-order valence-electron chi connectivity index (χ1n) is 11.0. The Morgan fingerprint density at radius 1 is 1.06 bits per heavy atom. The van der Waals surface area contributed by atoms with Gasteiger partial charge in [0.05, 0.1) is 6.54 Å². The number of anilines is 1. The molecule has 8 heteroatoms. The Labute approximate surface area is 202 Å². The molecule has 34 heavy (non-hydrogen) atoms. The highest BCUT2D eigenvalue weighted by Crippen LogP contribution is 2.29. The SMILES string of the molecule is CCN(Cc1cccc(-n2nc3ccc(Cl)cc3n2)c1O)c1ccc(C=C2C=NC=NC2)cc1. The number of nitrogens with zero attached hydrogens (tertiary/aromatic N) is 6. The summed E-state index contributed by atoms with van der Waals surface area (Å²) in [6.07, 6.45) is 5.50. The summed E-state index contributed by atoms with van der Waals surface area (Å²) in [6.45, 7) is 4.08. The first-order chi connectivity index (χ1) is 16.6. The summed E-state index contributed by atoms with van der Waals surface area (Å²) in [5.74, 6) is 0.158. The van der Waals surface area contributed by atoms with Crippen LogP contribution in [0.25, 0.3) is 22.8 Å². The van der Waals surface area contributed by atoms with Crippen molar-refractivity contribution in [3.8, 4) is 11.4 Å². The van der Waals surface area contributed by atoms with Crippen LogP contribution in [0.1, 0.15) is 18.1 Å². The third-order valence-corrected chi connectivity index (χ3v) is 5.91. The molecule has 7 nitrogen and oxygen atoms in total. The minimum absolute atomic E-state index is 0.158. The number of aromatic hydroxyl groups is 1. The van der Waals surface area contributed by atoms with Gasteiger partial charge < -0.3 is 10.0 Å². The minimum atomic E-state index is 0.158. The first kappa shape index (κ1) is 21.9. The molecule has 0 fully saturated rings. The summed E-state index contributed by atoms with van der Waals surface area (Å²) in [7, 11) is 0. The van der Waals surface area contributed by atoms with Crippen LogP contribution in [0.15, 0.2) is 76.2 Å². The normalized spacial score (nSPS) is 14.2. The van der Waals surface area contributed by atoms with Gasteiger partial charge in [-0.05, 0) is 60.5 Å². The molecule has 1 aromatic heterocycles. The minimum Gasteiger partial charge on any atom is -0.505 e. The number of phenolic OH excluding ortho intramolecular Hbond substituents is 1. The average Bonchev–Trinajstić information content (AvgIpc) is 3.27. The number of aromatic nitrogens is 3. The fourth-order valence-electron chi connectivity index (χ4n) is 3.90. The van der Waals surface area contributed by atoms with Crippen molar-refractivity contribution in [1.82, 2.24) is 15.0 Å². The van der Waals surface area contributed by atoms with Gasteiger partial charge in [0.2, 0.25) is 0 Å². The van der Waals surface area contributed by atoms with Crippen LogP contribution in [-0.2, 0) is 6.54 Å². The van der Waals surface area contributed by atoms with Gasteiger partial charge in [-0.3, -0.25) is 4.99 Å². The molecule has 1 N–H and O–H groups in total. The molecule has 5 rings (SSSR count). The highest BCUT2D eigenvalue weighted by Gasteiger charge is 2.15. The fraction of sp³-hybridized carbons (Fsp3) is 0.154. The number of hydrogen-bond donors (Lipinski definition) is 1. The quantitative estimate of drug-likeness (QED) is 0.414. The van der Waals surface area contributed by atoms with Gasteiger partial charge in [0.25, 0.3) is 0 Å². The lowest BCUT2D eigenvalue weighted by molar-refractivity contribution is 0.460. The van der Waals surface area contributed by atoms with Crippen LogP contribution in [0, 0.1) is 0 Å². The number of aliphatic imine (C=N–C) groups is 2. The molecule has 0 amide bonds. The molecule has 1 aliphatic heterocycles. The van der Waals surface area contributed by atoms with Gasteiger partial charge in [-0.1, -0.05) is 35.9 Å². The van der Waals surface area contributed by atoms with Gasteiger partial charge in [-0.2, -0.15) is 0 Å². The maximum absolute atomic E-state index is 11.1. The maximum atomic E-state index is 11.1. The van der Waals surface area contributed by atoms with Crippen molar-refractivity contribution in [2.45, 2.75) is 13.5 Å². The molecular formula is C26H23ClN6O. The van der Waals surface area contributed by atoms with Gasteiger partial charge in [-0.25, -0.2) is 4.99 Å². The lowest BCUT2D eigenvalue weighted by atomic mass is 10.1. The van der Waals surface area contributed by atoms with Crippen molar-refractivity contribution in [1.29, 1.82) is 0 Å². The van der Waals surface area contributed by atoms with E-state index < -0.39 is 0 Å². The van der Waals surface area contributed by atoms with E-state index in [0.717, 1.165) is 28.9 Å². The highest BCUT2D eigenvalue weighted by molar-refractivity contribution is 6.31. The zero-order chi connectivity index (χ0) is 23.5. The van der Waals surface area contributed by atoms with Crippen LogP contribution in [0.5, 0.6) is 5.75 Å². The lowest BCUT2D eigenvalue weighted by Crippen LogP contribution is -2.22. The summed E-state index contributed by atoms with van der Waals surface area (Å²) < 4.78 is 0. The van der Waals surface area contributed by atoms with E-state index in [9.17, 15) is 5.11 Å². The molecule has 0 aliphatic carbocycles. The third-order valence-electron chi connectivity index (χ3n) is 5.67. The van der Waals surface area contributed by atoms with E-state index >= 15 is 0 Å². The van der Waals surface area contributed by atoms with Crippen molar-refractivity contribution in [3.05, 3.63) is 82.4 Å². The summed E-state index contributed by atoms with van der Waals surface area (Å²) in [5.41, 5.74) is 5.95. The monoisotopic (exact) mass is 470 g/mol. The summed E-state index contributed by atoms with van der Waals surface area (Å²) in [6, 6.07) is 19.3. The molecule has 0 saturated heterocycles. The second kappa shape index (κ2) is 9.49. The van der Waals surface area contributed by atoms with Crippen molar-refractivity contribution in [2.24, 2.45) is 9.98 Å². The molecule has 0 atom stereocenters. The Hall–Kier alpha value is -3.97. The van der Waals surface area contributed by atoms with Crippen LogP contribution in [0.3, 0.4) is 0 Å². The van der Waals surface area contributed by atoms with Gasteiger partial charge in [0.1, 0.15) is 28.8 Å². The Kier molecular flexibility index (Phi) is 6.10. The third kappa shape index (κ3) is 4.56. The van der Waals surface area contributed by atoms with Gasteiger partial charge >= 0.3 is 0 Å². The van der Waals surface area contributed by atoms with E-state index in [1.54, 1.807) is 24.5 Å². The Balaban J connectivity index is 1.38. The predicted molar refractivity (Wildman–Crippen MR) is 139 cm³/mol. The van der Waals surface area contributed by atoms with Crippen LogP contribution in [-0.4, -0.2) is 45.7 Å². The van der Waals surface area contributed by atoms with Crippen molar-refractivity contribution >= 4 is 47.0 Å². The van der Waals surface area contributed by atoms with E-state index in [-0.39, 0.29) is 5.75 Å². The zero-order valence-corrected chi connectivity index (χ0v) is 19.4. The molecule has 4 aromatic rings. The molecular weight excluding hydrogens is 448 g/mol. The van der Waals surface area contributed by atoms with E-state index in [0.29, 0.717) is 34.8 Å². The number of rotatable bonds is 6. The average molecular weight is 471 g/mol. The van der Waals surface area contributed by atoms with Crippen molar-refractivity contribution in [3.63, 3.8) is 0 Å². The number of benzene rings is 3. The molecule has 0 radical (unpaired) electrons. The summed E-state index contributed by atoms with van der Waals surface area (Å²) in [4.78, 5) is 11.9. The number of phenols is 1. The summed E-state index contributed by atoms with van der Waals surface area (Å²) in [5, 5.41) is 20.6. The van der Waals surface area contributed by atoms with E-state index in [2.05, 4.69) is 62.3 Å². The van der Waals surface area contributed by atoms with Crippen molar-refractivity contribution in [2.75, 3.05) is 18.0 Å². The number of fused-ring (bicyclic) bond motifs is 1. The smallest absolute Gasteiger partial charge is 0.148 e. The van der Waals surface area contributed by atoms with E-state index in [1.165, 1.54) is 4.80 Å². The molecule has 0 saturated carbocycles. The summed E-state index contributed by atoms with van der Waals surface area (Å²) >= 11 is 6.07. The molecule has 0 unspecified atom stereocenters.